The number of aryl methyl sites for hydroxylation is 1. The van der Waals surface area contributed by atoms with Crippen molar-refractivity contribution in [3.63, 3.8) is 0 Å². The van der Waals surface area contributed by atoms with Crippen molar-refractivity contribution in [3.8, 4) is 11.4 Å². The van der Waals surface area contributed by atoms with Crippen molar-refractivity contribution in [2.75, 3.05) is 12.4 Å². The molecule has 1 aliphatic rings. The Morgan fingerprint density at radius 1 is 1.16 bits per heavy atom. The third-order valence-corrected chi connectivity index (χ3v) is 4.14. The molecule has 9 nitrogen and oxygen atoms in total. The highest BCUT2D eigenvalue weighted by atomic mass is 16.5. The molecular weight excluding hydrogens is 324 g/mol. The van der Waals surface area contributed by atoms with E-state index in [1.807, 2.05) is 0 Å². The number of nitrogens with zero attached hydrogens (tertiary/aromatic N) is 5. The lowest BCUT2D eigenvalue weighted by Gasteiger charge is -2.25. The molecule has 0 amide bonds. The van der Waals surface area contributed by atoms with E-state index < -0.39 is 6.04 Å². The Balaban J connectivity index is 1.84. The molecule has 9 heteroatoms. The van der Waals surface area contributed by atoms with Crippen LogP contribution in [-0.4, -0.2) is 37.7 Å². The number of ketones is 1. The molecule has 0 radical (unpaired) electrons. The maximum absolute atomic E-state index is 12.9. The lowest BCUT2D eigenvalue weighted by molar-refractivity contribution is 0.0955. The molecule has 25 heavy (non-hydrogen) atoms. The number of methoxy groups -OCH3 is 1. The number of aromatic nitrogens is 5. The van der Waals surface area contributed by atoms with Crippen molar-refractivity contribution in [3.05, 3.63) is 58.3 Å². The van der Waals surface area contributed by atoms with E-state index in [4.69, 9.17) is 4.74 Å². The molecule has 1 N–H and O–H groups in total. The predicted octanol–water partition coefficient (Wildman–Crippen LogP) is 0.719. The SMILES string of the molecule is COc1ccc(NC2C(=O)c3cnnn3-c3cnn(C)c(=O)c32)cc1. The fourth-order valence-electron chi connectivity index (χ4n) is 2.84. The van der Waals surface area contributed by atoms with Crippen molar-refractivity contribution in [2.24, 2.45) is 7.05 Å². The Kier molecular flexibility index (Phi) is 3.34. The number of hydrogen-bond acceptors (Lipinski definition) is 7. The van der Waals surface area contributed by atoms with Crippen molar-refractivity contribution < 1.29 is 9.53 Å². The molecule has 1 aromatic carbocycles. The number of carbonyl (C=O) groups excluding carboxylic acids is 1. The minimum Gasteiger partial charge on any atom is -0.497 e. The summed E-state index contributed by atoms with van der Waals surface area (Å²) >= 11 is 0. The quantitative estimate of drug-likeness (QED) is 0.750. The maximum Gasteiger partial charge on any atom is 0.274 e. The number of carbonyl (C=O) groups is 1. The van der Waals surface area contributed by atoms with Gasteiger partial charge in [0.2, 0.25) is 5.78 Å². The number of ether oxygens (including phenoxy) is 1. The average Bonchev–Trinajstić information content (AvgIpc) is 3.12. The third-order valence-electron chi connectivity index (χ3n) is 4.14. The Morgan fingerprint density at radius 3 is 2.64 bits per heavy atom. The molecule has 3 heterocycles. The van der Waals surface area contributed by atoms with Crippen molar-refractivity contribution in [1.29, 1.82) is 0 Å². The van der Waals surface area contributed by atoms with Gasteiger partial charge in [-0.25, -0.2) is 9.36 Å². The summed E-state index contributed by atoms with van der Waals surface area (Å²) in [4.78, 5) is 25.5. The summed E-state index contributed by atoms with van der Waals surface area (Å²) in [7, 11) is 3.11. The summed E-state index contributed by atoms with van der Waals surface area (Å²) in [5.74, 6) is 0.417. The summed E-state index contributed by atoms with van der Waals surface area (Å²) < 4.78 is 7.67. The van der Waals surface area contributed by atoms with Crippen molar-refractivity contribution in [2.45, 2.75) is 6.04 Å². The van der Waals surface area contributed by atoms with E-state index in [2.05, 4.69) is 20.7 Å². The highest BCUT2D eigenvalue weighted by Gasteiger charge is 2.36. The lowest BCUT2D eigenvalue weighted by atomic mass is 9.97. The van der Waals surface area contributed by atoms with Crippen LogP contribution in [0.4, 0.5) is 5.69 Å². The number of hydrogen-bond donors (Lipinski definition) is 1. The van der Waals surface area contributed by atoms with Crippen LogP contribution in [0.2, 0.25) is 0 Å². The summed E-state index contributed by atoms with van der Waals surface area (Å²) in [6, 6.07) is 6.25. The Hall–Kier alpha value is -3.49. The zero-order valence-corrected chi connectivity index (χ0v) is 13.5. The number of nitrogens with one attached hydrogen (secondary N) is 1. The molecule has 0 fully saturated rings. The van der Waals surface area contributed by atoms with Crippen LogP contribution in [0.5, 0.6) is 5.75 Å². The summed E-state index contributed by atoms with van der Waals surface area (Å²) in [6.45, 7) is 0. The number of benzene rings is 1. The largest absolute Gasteiger partial charge is 0.497 e. The van der Waals surface area contributed by atoms with E-state index in [-0.39, 0.29) is 16.9 Å². The summed E-state index contributed by atoms with van der Waals surface area (Å²) in [6.07, 6.45) is 2.88. The highest BCUT2D eigenvalue weighted by Crippen LogP contribution is 2.30. The van der Waals surface area contributed by atoms with E-state index in [1.165, 1.54) is 28.8 Å². The fourth-order valence-corrected chi connectivity index (χ4v) is 2.84. The van der Waals surface area contributed by atoms with Crippen LogP contribution in [0.25, 0.3) is 5.69 Å². The number of rotatable bonds is 3. The average molecular weight is 338 g/mol. The van der Waals surface area contributed by atoms with Gasteiger partial charge < -0.3 is 10.1 Å². The Morgan fingerprint density at radius 2 is 1.92 bits per heavy atom. The number of anilines is 1. The molecule has 3 aromatic rings. The predicted molar refractivity (Wildman–Crippen MR) is 88.1 cm³/mol. The van der Waals surface area contributed by atoms with Crippen LogP contribution < -0.4 is 15.6 Å². The molecule has 126 valence electrons. The molecule has 1 unspecified atom stereocenters. The maximum atomic E-state index is 12.9. The molecule has 0 bridgehead atoms. The molecule has 0 saturated heterocycles. The fraction of sp³-hybridized carbons (Fsp3) is 0.188. The van der Waals surface area contributed by atoms with Gasteiger partial charge in [0.15, 0.2) is 0 Å². The van der Waals surface area contributed by atoms with Gasteiger partial charge in [0.25, 0.3) is 5.56 Å². The third kappa shape index (κ3) is 2.28. The zero-order chi connectivity index (χ0) is 17.6. The van der Waals surface area contributed by atoms with Crippen LogP contribution in [0.3, 0.4) is 0 Å². The van der Waals surface area contributed by atoms with Crippen molar-refractivity contribution >= 4 is 11.5 Å². The normalized spacial score (nSPS) is 15.4. The number of fused-ring (bicyclic) bond motifs is 3. The van der Waals surface area contributed by atoms with Crippen LogP contribution in [-0.2, 0) is 7.05 Å². The second kappa shape index (κ2) is 5.55. The van der Waals surface area contributed by atoms with E-state index in [0.29, 0.717) is 22.8 Å². The van der Waals surface area contributed by atoms with E-state index in [0.717, 1.165) is 0 Å². The smallest absolute Gasteiger partial charge is 0.274 e. The van der Waals surface area contributed by atoms with Gasteiger partial charge in [-0.05, 0) is 24.3 Å². The first-order valence-corrected chi connectivity index (χ1v) is 7.52. The lowest BCUT2D eigenvalue weighted by Crippen LogP contribution is -2.37. The molecule has 1 aliphatic heterocycles. The van der Waals surface area contributed by atoms with Crippen LogP contribution in [0.15, 0.2) is 41.5 Å². The van der Waals surface area contributed by atoms with E-state index >= 15 is 0 Å². The molecule has 1 atom stereocenters. The Bertz CT molecular complexity index is 1020. The van der Waals surface area contributed by atoms with Gasteiger partial charge in [-0.15, -0.1) is 5.10 Å². The Labute approximate surface area is 141 Å². The first kappa shape index (κ1) is 15.1. The highest BCUT2D eigenvalue weighted by molar-refractivity contribution is 6.03. The van der Waals surface area contributed by atoms with Gasteiger partial charge in [-0.3, -0.25) is 9.59 Å². The van der Waals surface area contributed by atoms with Gasteiger partial charge in [0.1, 0.15) is 17.5 Å². The van der Waals surface area contributed by atoms with Gasteiger partial charge in [-0.2, -0.15) is 5.10 Å². The van der Waals surface area contributed by atoms with Gasteiger partial charge in [0, 0.05) is 12.7 Å². The zero-order valence-electron chi connectivity index (χ0n) is 13.5. The monoisotopic (exact) mass is 338 g/mol. The van der Waals surface area contributed by atoms with Gasteiger partial charge in [-0.1, -0.05) is 5.21 Å². The summed E-state index contributed by atoms with van der Waals surface area (Å²) in [5, 5.41) is 14.8. The second-order valence-corrected chi connectivity index (χ2v) is 5.57. The van der Waals surface area contributed by atoms with Gasteiger partial charge in [0.05, 0.1) is 30.8 Å². The van der Waals surface area contributed by atoms with Crippen LogP contribution in [0.1, 0.15) is 22.1 Å². The van der Waals surface area contributed by atoms with E-state index in [9.17, 15) is 9.59 Å². The molecule has 2 aromatic heterocycles. The molecule has 0 aliphatic carbocycles. The molecule has 0 spiro atoms. The molecular formula is C16H14N6O3. The summed E-state index contributed by atoms with van der Waals surface area (Å²) in [5.41, 5.74) is 1.36. The topological polar surface area (TPSA) is 104 Å². The van der Waals surface area contributed by atoms with Crippen LogP contribution in [0, 0.1) is 0 Å². The van der Waals surface area contributed by atoms with E-state index in [1.54, 1.807) is 31.4 Å². The first-order valence-electron chi connectivity index (χ1n) is 7.52. The minimum absolute atomic E-state index is 0.281. The standard InChI is InChI=1S/C16H14N6O3/c1-21-16(24)13-11(8-18-21)22-12(7-17-20-22)15(23)14(13)19-9-3-5-10(25-2)6-4-9/h3-8,14,19H,1-2H3. The van der Waals surface area contributed by atoms with Gasteiger partial charge >= 0.3 is 0 Å². The minimum atomic E-state index is -0.851. The van der Waals surface area contributed by atoms with Crippen molar-refractivity contribution in [1.82, 2.24) is 24.8 Å². The van der Waals surface area contributed by atoms with Crippen LogP contribution >= 0.6 is 0 Å². The molecule has 0 saturated carbocycles. The first-order chi connectivity index (χ1) is 12.1. The number of Topliss-reactive ketones (excluding diaryl/α,β-unsaturated/α-hetero) is 1. The molecule has 4 rings (SSSR count). The second-order valence-electron chi connectivity index (χ2n) is 5.57.